The van der Waals surface area contributed by atoms with E-state index in [2.05, 4.69) is 9.97 Å². The molecule has 0 aliphatic heterocycles. The van der Waals surface area contributed by atoms with Crippen molar-refractivity contribution >= 4 is 11.6 Å². The highest BCUT2D eigenvalue weighted by Crippen LogP contribution is 2.36. The molecule has 0 saturated carbocycles. The number of aryl methyl sites for hydroxylation is 1. The molecule has 1 heterocycles. The minimum absolute atomic E-state index is 0.0918. The van der Waals surface area contributed by atoms with Crippen LogP contribution in [0.5, 0.6) is 5.88 Å². The lowest BCUT2D eigenvalue weighted by molar-refractivity contribution is -0.139. The van der Waals surface area contributed by atoms with E-state index in [4.69, 9.17) is 4.74 Å². The molecule has 1 aromatic heterocycles. The first-order valence-electron chi connectivity index (χ1n) is 7.26. The Balaban J connectivity index is 2.40. The Morgan fingerprint density at radius 2 is 1.96 bits per heavy atom. The van der Waals surface area contributed by atoms with Crippen LogP contribution in [0, 0.1) is 0 Å². The van der Waals surface area contributed by atoms with Gasteiger partial charge in [-0.3, -0.25) is 0 Å². The van der Waals surface area contributed by atoms with Gasteiger partial charge in [-0.25, -0.2) is 4.98 Å². The van der Waals surface area contributed by atoms with Gasteiger partial charge in [0.15, 0.2) is 0 Å². The number of nitrogens with zero attached hydrogens (tertiary/aromatic N) is 3. The van der Waals surface area contributed by atoms with E-state index in [1.54, 1.807) is 18.9 Å². The molecule has 0 amide bonds. The topological polar surface area (TPSA) is 38.2 Å². The molecule has 1 aromatic carbocycles. The molecule has 2 aromatic rings. The van der Waals surface area contributed by atoms with Crippen LogP contribution in [0.1, 0.15) is 25.0 Å². The zero-order valence-corrected chi connectivity index (χ0v) is 13.2. The minimum Gasteiger partial charge on any atom is -0.477 e. The normalized spacial score (nSPS) is 11.4. The number of halogens is 3. The fourth-order valence-electron chi connectivity index (χ4n) is 2.06. The largest absolute Gasteiger partial charge is 0.477 e. The molecule has 0 bridgehead atoms. The molecule has 124 valence electrons. The van der Waals surface area contributed by atoms with E-state index in [1.807, 2.05) is 31.2 Å². The number of rotatable bonds is 5. The molecular weight excluding hydrogens is 307 g/mol. The second kappa shape index (κ2) is 6.85. The highest BCUT2D eigenvalue weighted by molar-refractivity contribution is 5.58. The number of aromatic nitrogens is 2. The minimum atomic E-state index is -4.55. The molecule has 0 N–H and O–H groups in total. The second-order valence-electron chi connectivity index (χ2n) is 4.90. The van der Waals surface area contributed by atoms with Gasteiger partial charge in [0.05, 0.1) is 6.61 Å². The average Bonchev–Trinajstić information content (AvgIpc) is 2.53. The number of anilines is 2. The Bertz CT molecular complexity index is 674. The van der Waals surface area contributed by atoms with E-state index >= 15 is 0 Å². The number of benzene rings is 1. The van der Waals surface area contributed by atoms with Crippen molar-refractivity contribution in [3.8, 4) is 5.88 Å². The molecule has 0 unspecified atom stereocenters. The van der Waals surface area contributed by atoms with Crippen LogP contribution >= 0.6 is 0 Å². The first-order chi connectivity index (χ1) is 10.9. The van der Waals surface area contributed by atoms with E-state index in [1.165, 1.54) is 0 Å². The van der Waals surface area contributed by atoms with Gasteiger partial charge in [0.25, 0.3) is 0 Å². The number of hydrogen-bond acceptors (Lipinski definition) is 4. The van der Waals surface area contributed by atoms with E-state index in [9.17, 15) is 13.2 Å². The van der Waals surface area contributed by atoms with E-state index in [0.717, 1.165) is 23.9 Å². The summed E-state index contributed by atoms with van der Waals surface area (Å²) in [6.45, 7) is 3.73. The van der Waals surface area contributed by atoms with Gasteiger partial charge in [0.1, 0.15) is 5.56 Å². The van der Waals surface area contributed by atoms with Gasteiger partial charge in [-0.2, -0.15) is 18.2 Å². The Labute approximate surface area is 132 Å². The number of alkyl halides is 3. The van der Waals surface area contributed by atoms with Crippen LogP contribution in [0.2, 0.25) is 0 Å². The van der Waals surface area contributed by atoms with Crippen molar-refractivity contribution in [2.45, 2.75) is 26.4 Å². The molecule has 0 radical (unpaired) electrons. The van der Waals surface area contributed by atoms with E-state index in [-0.39, 0.29) is 12.6 Å². The number of hydrogen-bond donors (Lipinski definition) is 0. The Kier molecular flexibility index (Phi) is 5.08. The van der Waals surface area contributed by atoms with Gasteiger partial charge in [0.2, 0.25) is 11.8 Å². The monoisotopic (exact) mass is 325 g/mol. The molecular formula is C16H18F3N3O. The maximum atomic E-state index is 13.0. The summed E-state index contributed by atoms with van der Waals surface area (Å²) in [5.74, 6) is -0.307. The first-order valence-corrected chi connectivity index (χ1v) is 7.26. The molecule has 0 aliphatic carbocycles. The van der Waals surface area contributed by atoms with Crippen LogP contribution in [0.4, 0.5) is 24.8 Å². The van der Waals surface area contributed by atoms with Crippen LogP contribution < -0.4 is 9.64 Å². The van der Waals surface area contributed by atoms with Crippen LogP contribution in [-0.2, 0) is 12.6 Å². The van der Waals surface area contributed by atoms with E-state index < -0.39 is 17.6 Å². The third-order valence-electron chi connectivity index (χ3n) is 3.33. The lowest BCUT2D eigenvalue weighted by atomic mass is 10.1. The summed E-state index contributed by atoms with van der Waals surface area (Å²) in [7, 11) is 1.70. The van der Waals surface area contributed by atoms with Gasteiger partial charge in [0, 0.05) is 18.9 Å². The average molecular weight is 325 g/mol. The molecule has 7 heteroatoms. The van der Waals surface area contributed by atoms with Gasteiger partial charge in [-0.15, -0.1) is 0 Å². The van der Waals surface area contributed by atoms with Crippen molar-refractivity contribution in [2.75, 3.05) is 18.6 Å². The fourth-order valence-corrected chi connectivity index (χ4v) is 2.06. The summed E-state index contributed by atoms with van der Waals surface area (Å²) in [4.78, 5) is 9.39. The van der Waals surface area contributed by atoms with Crippen molar-refractivity contribution in [2.24, 2.45) is 0 Å². The maximum Gasteiger partial charge on any atom is 0.423 e. The third kappa shape index (κ3) is 3.91. The summed E-state index contributed by atoms with van der Waals surface area (Å²) in [5, 5.41) is 0. The molecule has 0 fully saturated rings. The maximum absolute atomic E-state index is 13.0. The predicted octanol–water partition coefficient (Wildman–Crippen LogP) is 4.22. The smallest absolute Gasteiger partial charge is 0.423 e. The molecule has 4 nitrogen and oxygen atoms in total. The van der Waals surface area contributed by atoms with Crippen molar-refractivity contribution in [1.82, 2.24) is 9.97 Å². The summed E-state index contributed by atoms with van der Waals surface area (Å²) in [6.07, 6.45) is -2.93. The van der Waals surface area contributed by atoms with Crippen molar-refractivity contribution in [3.63, 3.8) is 0 Å². The summed E-state index contributed by atoms with van der Waals surface area (Å²) in [6, 6.07) is 7.66. The number of ether oxygens (including phenoxy) is 1. The van der Waals surface area contributed by atoms with Gasteiger partial charge < -0.3 is 9.64 Å². The van der Waals surface area contributed by atoms with Gasteiger partial charge in [-0.1, -0.05) is 19.1 Å². The summed E-state index contributed by atoms with van der Waals surface area (Å²) >= 11 is 0. The highest BCUT2D eigenvalue weighted by atomic mass is 19.4. The predicted molar refractivity (Wildman–Crippen MR) is 82.1 cm³/mol. The van der Waals surface area contributed by atoms with Crippen LogP contribution in [-0.4, -0.2) is 23.6 Å². The fraction of sp³-hybridized carbons (Fsp3) is 0.375. The zero-order chi connectivity index (χ0) is 17.0. The quantitative estimate of drug-likeness (QED) is 0.825. The molecule has 0 saturated heterocycles. The Morgan fingerprint density at radius 3 is 2.57 bits per heavy atom. The highest BCUT2D eigenvalue weighted by Gasteiger charge is 2.36. The van der Waals surface area contributed by atoms with Gasteiger partial charge >= 0.3 is 6.18 Å². The third-order valence-corrected chi connectivity index (χ3v) is 3.33. The van der Waals surface area contributed by atoms with Crippen molar-refractivity contribution in [3.05, 3.63) is 41.6 Å². The molecule has 0 spiro atoms. The lowest BCUT2D eigenvalue weighted by Gasteiger charge is -2.20. The second-order valence-corrected chi connectivity index (χ2v) is 4.90. The SMILES string of the molecule is CCOc1nc(N(C)c2cccc(CC)c2)ncc1C(F)(F)F. The Hall–Kier alpha value is -2.31. The molecule has 0 aliphatic rings. The van der Waals surface area contributed by atoms with E-state index in [0.29, 0.717) is 0 Å². The molecule has 2 rings (SSSR count). The first kappa shape index (κ1) is 17.1. The van der Waals surface area contributed by atoms with Crippen LogP contribution in [0.15, 0.2) is 30.5 Å². The Morgan fingerprint density at radius 1 is 1.22 bits per heavy atom. The zero-order valence-electron chi connectivity index (χ0n) is 13.2. The summed E-state index contributed by atoms with van der Waals surface area (Å²) in [5.41, 5.74) is 0.941. The standard InChI is InChI=1S/C16H18F3N3O/c1-4-11-7-6-8-12(9-11)22(3)15-20-10-13(16(17,18)19)14(21-15)23-5-2/h6-10H,4-5H2,1-3H3. The van der Waals surface area contributed by atoms with Crippen molar-refractivity contribution < 1.29 is 17.9 Å². The lowest BCUT2D eigenvalue weighted by Crippen LogP contribution is -2.17. The van der Waals surface area contributed by atoms with Crippen LogP contribution in [0.25, 0.3) is 0 Å². The molecule has 0 atom stereocenters. The van der Waals surface area contributed by atoms with Crippen molar-refractivity contribution in [1.29, 1.82) is 0 Å². The van der Waals surface area contributed by atoms with Gasteiger partial charge in [-0.05, 0) is 31.0 Å². The van der Waals surface area contributed by atoms with Crippen LogP contribution in [0.3, 0.4) is 0 Å². The summed E-state index contributed by atoms with van der Waals surface area (Å²) < 4.78 is 43.9. The molecule has 23 heavy (non-hydrogen) atoms.